The molecule has 1 aliphatic rings. The highest BCUT2D eigenvalue weighted by atomic mass is 35.5. The number of halogens is 1. The van der Waals surface area contributed by atoms with E-state index in [1.54, 1.807) is 6.20 Å². The third-order valence-corrected chi connectivity index (χ3v) is 3.15. The summed E-state index contributed by atoms with van der Waals surface area (Å²) >= 11 is 6.12. The lowest BCUT2D eigenvalue weighted by Gasteiger charge is -2.35. The molecule has 0 radical (unpaired) electrons. The van der Waals surface area contributed by atoms with E-state index in [0.29, 0.717) is 0 Å². The monoisotopic (exact) mass is 240 g/mol. The number of nitrogens with zero attached hydrogens (tertiary/aromatic N) is 3. The fourth-order valence-electron chi connectivity index (χ4n) is 1.98. The second-order valence-corrected chi connectivity index (χ2v) is 4.33. The molecular weight excluding hydrogens is 224 g/mol. The van der Waals surface area contributed by atoms with E-state index in [4.69, 9.17) is 17.3 Å². The minimum atomic E-state index is 0.727. The van der Waals surface area contributed by atoms with Crippen molar-refractivity contribution in [1.82, 2.24) is 9.88 Å². The molecule has 2 heterocycles. The van der Waals surface area contributed by atoms with Crippen molar-refractivity contribution in [1.29, 1.82) is 0 Å². The van der Waals surface area contributed by atoms with E-state index >= 15 is 0 Å². The Hall–Kier alpha value is -0.840. The number of piperazine rings is 1. The van der Waals surface area contributed by atoms with Gasteiger partial charge < -0.3 is 10.6 Å². The molecule has 4 nitrogen and oxygen atoms in total. The first-order chi connectivity index (χ1) is 7.81. The van der Waals surface area contributed by atoms with Crippen LogP contribution in [0.25, 0.3) is 0 Å². The zero-order valence-corrected chi connectivity index (χ0v) is 10.0. The number of hydrogen-bond acceptors (Lipinski definition) is 4. The topological polar surface area (TPSA) is 45.4 Å². The molecule has 1 aromatic rings. The lowest BCUT2D eigenvalue weighted by molar-refractivity contribution is 0.264. The van der Waals surface area contributed by atoms with Gasteiger partial charge in [0.25, 0.3) is 0 Å². The van der Waals surface area contributed by atoms with Crippen molar-refractivity contribution in [2.75, 3.05) is 44.2 Å². The molecule has 0 aromatic carbocycles. The Morgan fingerprint density at radius 3 is 2.69 bits per heavy atom. The number of rotatable bonds is 3. The zero-order valence-electron chi connectivity index (χ0n) is 9.27. The number of aromatic nitrogens is 1. The normalized spacial score (nSPS) is 17.8. The predicted molar refractivity (Wildman–Crippen MR) is 67.0 cm³/mol. The van der Waals surface area contributed by atoms with Crippen molar-refractivity contribution < 1.29 is 0 Å². The predicted octanol–water partition coefficient (Wildman–Crippen LogP) is 0.816. The van der Waals surface area contributed by atoms with Crippen molar-refractivity contribution >= 4 is 17.4 Å². The molecule has 0 spiro atoms. The molecule has 1 aliphatic heterocycles. The Morgan fingerprint density at radius 1 is 1.31 bits per heavy atom. The average molecular weight is 241 g/mol. The molecule has 0 saturated carbocycles. The Balaban J connectivity index is 1.96. The molecular formula is C11H17ClN4. The first kappa shape index (κ1) is 11.6. The van der Waals surface area contributed by atoms with Crippen LogP contribution >= 0.6 is 11.6 Å². The molecule has 0 bridgehead atoms. The van der Waals surface area contributed by atoms with Gasteiger partial charge in [-0.25, -0.2) is 4.98 Å². The van der Waals surface area contributed by atoms with Gasteiger partial charge in [0.2, 0.25) is 0 Å². The van der Waals surface area contributed by atoms with Crippen LogP contribution in [0.1, 0.15) is 0 Å². The molecule has 5 heteroatoms. The van der Waals surface area contributed by atoms with E-state index in [0.717, 1.165) is 50.1 Å². The van der Waals surface area contributed by atoms with Crippen molar-refractivity contribution in [3.05, 3.63) is 23.4 Å². The van der Waals surface area contributed by atoms with E-state index in [1.165, 1.54) is 0 Å². The minimum absolute atomic E-state index is 0.727. The SMILES string of the molecule is NCCN1CCN(c2ncccc2Cl)CC1. The molecule has 0 atom stereocenters. The Kier molecular flexibility index (Phi) is 3.98. The van der Waals surface area contributed by atoms with Crippen LogP contribution in [0.15, 0.2) is 18.3 Å². The van der Waals surface area contributed by atoms with Gasteiger partial charge >= 0.3 is 0 Å². The molecule has 0 unspecified atom stereocenters. The van der Waals surface area contributed by atoms with E-state index in [2.05, 4.69) is 14.8 Å². The summed E-state index contributed by atoms with van der Waals surface area (Å²) in [6.45, 7) is 5.70. The van der Waals surface area contributed by atoms with Crippen LogP contribution in [0.2, 0.25) is 5.02 Å². The van der Waals surface area contributed by atoms with Crippen LogP contribution in [0.3, 0.4) is 0 Å². The van der Waals surface area contributed by atoms with Gasteiger partial charge in [-0.05, 0) is 12.1 Å². The second-order valence-electron chi connectivity index (χ2n) is 3.93. The summed E-state index contributed by atoms with van der Waals surface area (Å²) in [7, 11) is 0. The lowest BCUT2D eigenvalue weighted by atomic mass is 10.3. The van der Waals surface area contributed by atoms with E-state index in [9.17, 15) is 0 Å². The van der Waals surface area contributed by atoms with E-state index in [1.807, 2.05) is 12.1 Å². The van der Waals surface area contributed by atoms with Crippen LogP contribution < -0.4 is 10.6 Å². The maximum absolute atomic E-state index is 6.12. The van der Waals surface area contributed by atoms with Crippen LogP contribution in [0, 0.1) is 0 Å². The largest absolute Gasteiger partial charge is 0.353 e. The minimum Gasteiger partial charge on any atom is -0.353 e. The number of anilines is 1. The average Bonchev–Trinajstić information content (AvgIpc) is 2.31. The van der Waals surface area contributed by atoms with Gasteiger partial charge in [0.05, 0.1) is 5.02 Å². The quantitative estimate of drug-likeness (QED) is 0.850. The zero-order chi connectivity index (χ0) is 11.4. The smallest absolute Gasteiger partial charge is 0.147 e. The van der Waals surface area contributed by atoms with Crippen molar-refractivity contribution in [3.63, 3.8) is 0 Å². The van der Waals surface area contributed by atoms with Crippen LogP contribution in [-0.4, -0.2) is 49.2 Å². The van der Waals surface area contributed by atoms with Crippen LogP contribution in [0.5, 0.6) is 0 Å². The first-order valence-electron chi connectivity index (χ1n) is 5.59. The fourth-order valence-corrected chi connectivity index (χ4v) is 2.22. The number of hydrogen-bond donors (Lipinski definition) is 1. The van der Waals surface area contributed by atoms with Gasteiger partial charge in [-0.1, -0.05) is 11.6 Å². The molecule has 1 aromatic heterocycles. The maximum atomic E-state index is 6.12. The summed E-state index contributed by atoms with van der Waals surface area (Å²) in [5.41, 5.74) is 5.54. The summed E-state index contributed by atoms with van der Waals surface area (Å²) < 4.78 is 0. The van der Waals surface area contributed by atoms with Crippen LogP contribution in [0.4, 0.5) is 5.82 Å². The van der Waals surface area contributed by atoms with Crippen molar-refractivity contribution in [2.45, 2.75) is 0 Å². The Labute approximate surface area is 101 Å². The first-order valence-corrected chi connectivity index (χ1v) is 5.97. The molecule has 0 amide bonds. The fraction of sp³-hybridized carbons (Fsp3) is 0.545. The number of nitrogens with two attached hydrogens (primary N) is 1. The van der Waals surface area contributed by atoms with Gasteiger partial charge in [-0.15, -0.1) is 0 Å². The molecule has 16 heavy (non-hydrogen) atoms. The van der Waals surface area contributed by atoms with Gasteiger partial charge in [-0.3, -0.25) is 4.90 Å². The summed E-state index contributed by atoms with van der Waals surface area (Å²) in [4.78, 5) is 8.92. The van der Waals surface area contributed by atoms with Gasteiger partial charge in [0.1, 0.15) is 5.82 Å². The highest BCUT2D eigenvalue weighted by Gasteiger charge is 2.18. The van der Waals surface area contributed by atoms with Crippen molar-refractivity contribution in [2.24, 2.45) is 5.73 Å². The Morgan fingerprint density at radius 2 is 2.06 bits per heavy atom. The summed E-state index contributed by atoms with van der Waals surface area (Å²) in [6, 6.07) is 3.74. The summed E-state index contributed by atoms with van der Waals surface area (Å²) in [6.07, 6.45) is 1.79. The second kappa shape index (κ2) is 5.48. The van der Waals surface area contributed by atoms with E-state index in [-0.39, 0.29) is 0 Å². The summed E-state index contributed by atoms with van der Waals surface area (Å²) in [5.74, 6) is 0.900. The standard InChI is InChI=1S/C11H17ClN4/c12-10-2-1-4-14-11(10)16-8-6-15(5-3-13)7-9-16/h1-2,4H,3,5-9,13H2. The van der Waals surface area contributed by atoms with E-state index < -0.39 is 0 Å². The third-order valence-electron chi connectivity index (χ3n) is 2.86. The molecule has 1 saturated heterocycles. The van der Waals surface area contributed by atoms with Gasteiger partial charge in [0.15, 0.2) is 0 Å². The van der Waals surface area contributed by atoms with Gasteiger partial charge in [0, 0.05) is 45.5 Å². The highest BCUT2D eigenvalue weighted by molar-refractivity contribution is 6.32. The molecule has 1 fully saturated rings. The molecule has 2 rings (SSSR count). The summed E-state index contributed by atoms with van der Waals surface area (Å²) in [5, 5.41) is 0.731. The van der Waals surface area contributed by atoms with Crippen molar-refractivity contribution in [3.8, 4) is 0 Å². The molecule has 88 valence electrons. The maximum Gasteiger partial charge on any atom is 0.147 e. The van der Waals surface area contributed by atoms with Crippen LogP contribution in [-0.2, 0) is 0 Å². The lowest BCUT2D eigenvalue weighted by Crippen LogP contribution is -2.48. The highest BCUT2D eigenvalue weighted by Crippen LogP contribution is 2.23. The third kappa shape index (κ3) is 2.64. The Bertz CT molecular complexity index is 337. The number of pyridine rings is 1. The van der Waals surface area contributed by atoms with Gasteiger partial charge in [-0.2, -0.15) is 0 Å². The molecule has 2 N–H and O–H groups in total. The molecule has 0 aliphatic carbocycles.